The molecule has 0 unspecified atom stereocenters. The first-order valence-corrected chi connectivity index (χ1v) is 14.3. The third-order valence-electron chi connectivity index (χ3n) is 6.35. The minimum absolute atomic E-state index is 0.177. The van der Waals surface area contributed by atoms with Gasteiger partial charge in [0.2, 0.25) is 0 Å². The summed E-state index contributed by atoms with van der Waals surface area (Å²) in [7, 11) is -2.41. The van der Waals surface area contributed by atoms with Gasteiger partial charge in [-0.15, -0.1) is 10.2 Å². The lowest BCUT2D eigenvalue weighted by Gasteiger charge is -2.23. The number of ether oxygens (including phenoxy) is 2. The molecule has 0 saturated carbocycles. The van der Waals surface area contributed by atoms with E-state index >= 15 is 0 Å². The zero-order valence-electron chi connectivity index (χ0n) is 23.3. The molecule has 0 amide bonds. The minimum atomic E-state index is -3.95. The molecule has 1 aromatic carbocycles. The van der Waals surface area contributed by atoms with E-state index in [9.17, 15) is 13.2 Å². The zero-order valence-corrected chi connectivity index (χ0v) is 24.1. The molecular weight excluding hydrogens is 532 g/mol. The number of hydrogen-bond acceptors (Lipinski definition) is 10. The lowest BCUT2D eigenvalue weighted by Crippen LogP contribution is -2.31. The highest BCUT2D eigenvalue weighted by molar-refractivity contribution is 7.91. The second-order valence-electron chi connectivity index (χ2n) is 9.72. The normalized spacial score (nSPS) is 13.2. The van der Waals surface area contributed by atoms with Crippen LogP contribution in [-0.4, -0.2) is 62.9 Å². The fourth-order valence-corrected chi connectivity index (χ4v) is 5.66. The molecule has 0 radical (unpaired) electrons. The van der Waals surface area contributed by atoms with Crippen molar-refractivity contribution in [1.82, 2.24) is 29.7 Å². The molecule has 3 aromatic heterocycles. The van der Waals surface area contributed by atoms with Crippen LogP contribution < -0.4 is 4.74 Å². The number of benzene rings is 1. The van der Waals surface area contributed by atoms with Gasteiger partial charge in [-0.25, -0.2) is 18.4 Å². The van der Waals surface area contributed by atoms with Crippen LogP contribution in [-0.2, 0) is 25.1 Å². The molecule has 40 heavy (non-hydrogen) atoms. The van der Waals surface area contributed by atoms with Gasteiger partial charge in [0.25, 0.3) is 0 Å². The summed E-state index contributed by atoms with van der Waals surface area (Å²) < 4.78 is 40.9. The maximum absolute atomic E-state index is 13.9. The SMILES string of the molecule is COc1cccc(C)c1-n1c(CS(=O)(=O)[C@@H](C)[C@@H](OCC(C)=O)c2ncc(C)cn2)nnc1-c1cncc(C)c1. The number of aromatic nitrogens is 6. The van der Waals surface area contributed by atoms with Crippen LogP contribution in [0.25, 0.3) is 17.1 Å². The van der Waals surface area contributed by atoms with Crippen molar-refractivity contribution in [2.75, 3.05) is 13.7 Å². The van der Waals surface area contributed by atoms with E-state index in [0.29, 0.717) is 22.8 Å². The molecule has 11 nitrogen and oxygen atoms in total. The summed E-state index contributed by atoms with van der Waals surface area (Å²) >= 11 is 0. The number of pyridine rings is 1. The summed E-state index contributed by atoms with van der Waals surface area (Å²) in [4.78, 5) is 24.5. The Labute approximate surface area is 233 Å². The second-order valence-corrected chi connectivity index (χ2v) is 12.1. The lowest BCUT2D eigenvalue weighted by atomic mass is 10.1. The number of hydrogen-bond donors (Lipinski definition) is 0. The van der Waals surface area contributed by atoms with E-state index in [-0.39, 0.29) is 24.0 Å². The third kappa shape index (κ3) is 6.23. The van der Waals surface area contributed by atoms with Crippen LogP contribution in [0.15, 0.2) is 49.1 Å². The first-order valence-electron chi connectivity index (χ1n) is 12.6. The van der Waals surface area contributed by atoms with E-state index in [1.54, 1.807) is 42.5 Å². The van der Waals surface area contributed by atoms with Gasteiger partial charge in [-0.3, -0.25) is 14.3 Å². The summed E-state index contributed by atoms with van der Waals surface area (Å²) in [6, 6.07) is 7.45. The number of para-hydroxylation sites is 1. The number of rotatable bonds is 11. The van der Waals surface area contributed by atoms with Crippen molar-refractivity contribution < 1.29 is 22.7 Å². The first-order chi connectivity index (χ1) is 19.0. The number of methoxy groups -OCH3 is 1. The van der Waals surface area contributed by atoms with Crippen LogP contribution >= 0.6 is 0 Å². The molecule has 0 saturated heterocycles. The van der Waals surface area contributed by atoms with Crippen LogP contribution in [0.4, 0.5) is 0 Å². The zero-order chi connectivity index (χ0) is 29.0. The van der Waals surface area contributed by atoms with Gasteiger partial charge in [-0.05, 0) is 63.4 Å². The number of Topliss-reactive ketones (excluding diaryl/α,β-unsaturated/α-hetero) is 1. The van der Waals surface area contributed by atoms with Gasteiger partial charge in [-0.2, -0.15) is 0 Å². The Kier molecular flexibility index (Phi) is 8.70. The predicted octanol–water partition coefficient (Wildman–Crippen LogP) is 3.70. The predicted molar refractivity (Wildman–Crippen MR) is 149 cm³/mol. The fourth-order valence-electron chi connectivity index (χ4n) is 4.27. The summed E-state index contributed by atoms with van der Waals surface area (Å²) in [6.45, 7) is 8.24. The molecule has 0 N–H and O–H groups in total. The van der Waals surface area contributed by atoms with Gasteiger partial charge in [0.15, 0.2) is 33.1 Å². The maximum atomic E-state index is 13.9. The molecule has 4 rings (SSSR count). The van der Waals surface area contributed by atoms with Crippen LogP contribution in [0.2, 0.25) is 0 Å². The molecule has 0 aliphatic rings. The van der Waals surface area contributed by atoms with Crippen molar-refractivity contribution in [1.29, 1.82) is 0 Å². The monoisotopic (exact) mass is 564 g/mol. The second kappa shape index (κ2) is 12.0. The van der Waals surface area contributed by atoms with Gasteiger partial charge in [0.1, 0.15) is 24.2 Å². The van der Waals surface area contributed by atoms with Crippen molar-refractivity contribution in [3.63, 3.8) is 0 Å². The van der Waals surface area contributed by atoms with Gasteiger partial charge >= 0.3 is 0 Å². The Morgan fingerprint density at radius 2 is 1.75 bits per heavy atom. The Bertz CT molecular complexity index is 1620. The van der Waals surface area contributed by atoms with E-state index in [1.165, 1.54) is 13.8 Å². The average molecular weight is 565 g/mol. The standard InChI is InChI=1S/C28H32N6O5S/c1-17-10-22(14-29-11-17)28-33-32-24(34(28)25-19(3)8-7-9-23(25)38-6)16-40(36,37)21(5)26(39-15-20(4)35)27-30-12-18(2)13-31-27/h7-14,21,26H,15-16H2,1-6H3/t21-,26+/m0/s1. The van der Waals surface area contributed by atoms with Crippen molar-refractivity contribution in [2.45, 2.75) is 51.7 Å². The fraction of sp³-hybridized carbons (Fsp3) is 0.357. The Morgan fingerprint density at radius 1 is 1.02 bits per heavy atom. The molecule has 0 spiro atoms. The molecule has 0 aliphatic carbocycles. The smallest absolute Gasteiger partial charge is 0.170 e. The number of ketones is 1. The van der Waals surface area contributed by atoms with Crippen molar-refractivity contribution in [3.05, 3.63) is 77.4 Å². The molecule has 2 atom stereocenters. The summed E-state index contributed by atoms with van der Waals surface area (Å²) in [6.07, 6.45) is 5.46. The van der Waals surface area contributed by atoms with Gasteiger partial charge in [-0.1, -0.05) is 12.1 Å². The molecular formula is C28H32N6O5S. The van der Waals surface area contributed by atoms with E-state index in [2.05, 4.69) is 25.1 Å². The summed E-state index contributed by atoms with van der Waals surface area (Å²) in [5, 5.41) is 7.60. The quantitative estimate of drug-likeness (QED) is 0.265. The van der Waals surface area contributed by atoms with Crippen LogP contribution in [0.1, 0.15) is 48.3 Å². The maximum Gasteiger partial charge on any atom is 0.170 e. The summed E-state index contributed by atoms with van der Waals surface area (Å²) in [5.41, 5.74) is 3.85. The molecule has 0 bridgehead atoms. The highest BCUT2D eigenvalue weighted by Crippen LogP contribution is 2.33. The van der Waals surface area contributed by atoms with Crippen molar-refractivity contribution >= 4 is 15.6 Å². The molecule has 4 aromatic rings. The number of nitrogens with zero attached hydrogens (tertiary/aromatic N) is 6. The Morgan fingerprint density at radius 3 is 2.40 bits per heavy atom. The number of carbonyl (C=O) groups excluding carboxylic acids is 1. The minimum Gasteiger partial charge on any atom is -0.495 e. The lowest BCUT2D eigenvalue weighted by molar-refractivity contribution is -0.123. The number of sulfone groups is 1. The molecule has 0 fully saturated rings. The van der Waals surface area contributed by atoms with Crippen LogP contribution in [0.3, 0.4) is 0 Å². The highest BCUT2D eigenvalue weighted by Gasteiger charge is 2.36. The highest BCUT2D eigenvalue weighted by atomic mass is 32.2. The van der Waals surface area contributed by atoms with E-state index in [1.807, 2.05) is 39.0 Å². The van der Waals surface area contributed by atoms with Gasteiger partial charge in [0.05, 0.1) is 18.0 Å². The van der Waals surface area contributed by atoms with E-state index < -0.39 is 26.9 Å². The van der Waals surface area contributed by atoms with Crippen molar-refractivity contribution in [3.8, 4) is 22.8 Å². The van der Waals surface area contributed by atoms with E-state index in [4.69, 9.17) is 9.47 Å². The Hall–Kier alpha value is -4.03. The third-order valence-corrected chi connectivity index (χ3v) is 8.39. The average Bonchev–Trinajstić information content (AvgIpc) is 3.31. The molecule has 3 heterocycles. The largest absolute Gasteiger partial charge is 0.495 e. The first kappa shape index (κ1) is 29.0. The number of carbonyl (C=O) groups is 1. The molecule has 0 aliphatic heterocycles. The van der Waals surface area contributed by atoms with E-state index in [0.717, 1.165) is 16.7 Å². The van der Waals surface area contributed by atoms with Gasteiger partial charge < -0.3 is 9.47 Å². The number of aryl methyl sites for hydroxylation is 3. The van der Waals surface area contributed by atoms with Crippen molar-refractivity contribution in [2.24, 2.45) is 0 Å². The molecule has 12 heteroatoms. The molecule has 210 valence electrons. The van der Waals surface area contributed by atoms with Crippen LogP contribution in [0.5, 0.6) is 5.75 Å². The topological polar surface area (TPSA) is 139 Å². The Balaban J connectivity index is 1.81. The summed E-state index contributed by atoms with van der Waals surface area (Å²) in [5.74, 6) is 0.605. The van der Waals surface area contributed by atoms with Crippen LogP contribution in [0, 0.1) is 20.8 Å². The van der Waals surface area contributed by atoms with Gasteiger partial charge in [0, 0.05) is 30.4 Å².